The predicted molar refractivity (Wildman–Crippen MR) is 47.0 cm³/mol. The van der Waals surface area contributed by atoms with Gasteiger partial charge >= 0.3 is 0 Å². The summed E-state index contributed by atoms with van der Waals surface area (Å²) in [5, 5.41) is 0. The van der Waals surface area contributed by atoms with E-state index in [1.54, 1.807) is 0 Å². The van der Waals surface area contributed by atoms with Gasteiger partial charge in [0.25, 0.3) is 0 Å². The smallest absolute Gasteiger partial charge is 0.0670 e. The average molecular weight is 240 g/mol. The fourth-order valence-electron chi connectivity index (χ4n) is 1.18. The summed E-state index contributed by atoms with van der Waals surface area (Å²) in [4.78, 5) is 0. The van der Waals surface area contributed by atoms with Crippen LogP contribution in [-0.4, -0.2) is 17.1 Å². The molecule has 2 heteroatoms. The lowest BCUT2D eigenvalue weighted by Crippen LogP contribution is -2.10. The molecule has 0 aromatic rings. The van der Waals surface area contributed by atoms with Gasteiger partial charge in [-0.05, 0) is 11.8 Å². The molecular formula is C7H13IO. The molecule has 0 N–H and O–H groups in total. The van der Waals surface area contributed by atoms with Gasteiger partial charge in [0.05, 0.1) is 12.7 Å². The summed E-state index contributed by atoms with van der Waals surface area (Å²) in [5.74, 6) is 0. The molecule has 0 spiro atoms. The maximum Gasteiger partial charge on any atom is 0.0670 e. The molecule has 0 unspecified atom stereocenters. The first-order chi connectivity index (χ1) is 4.14. The molecule has 1 saturated heterocycles. The van der Waals surface area contributed by atoms with Gasteiger partial charge in [-0.25, -0.2) is 0 Å². The molecular weight excluding hydrogens is 227 g/mol. The Kier molecular flexibility index (Phi) is 2.37. The van der Waals surface area contributed by atoms with E-state index in [1.165, 1.54) is 6.42 Å². The second kappa shape index (κ2) is 2.74. The highest BCUT2D eigenvalue weighted by molar-refractivity contribution is 14.1. The van der Waals surface area contributed by atoms with E-state index in [4.69, 9.17) is 4.74 Å². The molecule has 1 fully saturated rings. The summed E-state index contributed by atoms with van der Waals surface area (Å²) < 4.78 is 6.65. The summed E-state index contributed by atoms with van der Waals surface area (Å²) >= 11 is 2.38. The van der Waals surface area contributed by atoms with Gasteiger partial charge in [0.15, 0.2) is 0 Å². The number of hydrogen-bond donors (Lipinski definition) is 0. The second-order valence-electron chi connectivity index (χ2n) is 3.46. The third-order valence-corrected chi connectivity index (χ3v) is 2.64. The van der Waals surface area contributed by atoms with Gasteiger partial charge in [-0.3, -0.25) is 0 Å². The van der Waals surface area contributed by atoms with E-state index in [0.29, 0.717) is 11.5 Å². The Bertz CT molecular complexity index is 101. The minimum absolute atomic E-state index is 0.440. The first kappa shape index (κ1) is 7.79. The molecule has 0 amide bonds. The van der Waals surface area contributed by atoms with Crippen molar-refractivity contribution in [2.75, 3.05) is 11.0 Å². The van der Waals surface area contributed by atoms with Crippen molar-refractivity contribution in [3.8, 4) is 0 Å². The molecule has 1 atom stereocenters. The van der Waals surface area contributed by atoms with E-state index < -0.39 is 0 Å². The van der Waals surface area contributed by atoms with Crippen LogP contribution < -0.4 is 0 Å². The fraction of sp³-hybridized carbons (Fsp3) is 1.00. The van der Waals surface area contributed by atoms with Crippen LogP contribution in [0.3, 0.4) is 0 Å². The van der Waals surface area contributed by atoms with E-state index >= 15 is 0 Å². The topological polar surface area (TPSA) is 9.23 Å². The lowest BCUT2D eigenvalue weighted by atomic mass is 9.91. The van der Waals surface area contributed by atoms with Crippen LogP contribution in [0.2, 0.25) is 0 Å². The van der Waals surface area contributed by atoms with Gasteiger partial charge in [0, 0.05) is 4.43 Å². The lowest BCUT2D eigenvalue weighted by Gasteiger charge is -2.12. The van der Waals surface area contributed by atoms with Crippen molar-refractivity contribution in [1.82, 2.24) is 0 Å². The number of rotatable bonds is 1. The zero-order valence-corrected chi connectivity index (χ0v) is 8.14. The maximum absolute atomic E-state index is 5.51. The SMILES string of the molecule is CC1(C)CO[C@H](CI)C1. The summed E-state index contributed by atoms with van der Waals surface area (Å²) in [6.45, 7) is 5.47. The molecule has 1 nitrogen and oxygen atoms in total. The molecule has 1 aliphatic rings. The van der Waals surface area contributed by atoms with Gasteiger partial charge in [0.1, 0.15) is 0 Å². The molecule has 0 aliphatic carbocycles. The van der Waals surface area contributed by atoms with E-state index in [1.807, 2.05) is 0 Å². The van der Waals surface area contributed by atoms with Crippen molar-refractivity contribution in [3.05, 3.63) is 0 Å². The highest BCUT2D eigenvalue weighted by Gasteiger charge is 2.30. The average Bonchev–Trinajstić information content (AvgIpc) is 2.10. The van der Waals surface area contributed by atoms with Crippen LogP contribution >= 0.6 is 22.6 Å². The van der Waals surface area contributed by atoms with Crippen molar-refractivity contribution in [2.24, 2.45) is 5.41 Å². The largest absolute Gasteiger partial charge is 0.377 e. The van der Waals surface area contributed by atoms with Gasteiger partial charge in [0.2, 0.25) is 0 Å². The summed E-state index contributed by atoms with van der Waals surface area (Å²) in [6.07, 6.45) is 1.76. The van der Waals surface area contributed by atoms with E-state index in [9.17, 15) is 0 Å². The highest BCUT2D eigenvalue weighted by atomic mass is 127. The lowest BCUT2D eigenvalue weighted by molar-refractivity contribution is 0.116. The third-order valence-electron chi connectivity index (χ3n) is 1.66. The molecule has 1 aliphatic heterocycles. The maximum atomic E-state index is 5.51. The molecule has 0 bridgehead atoms. The quantitative estimate of drug-likeness (QED) is 0.504. The van der Waals surface area contributed by atoms with Crippen molar-refractivity contribution in [1.29, 1.82) is 0 Å². The molecule has 0 radical (unpaired) electrons. The van der Waals surface area contributed by atoms with E-state index in [2.05, 4.69) is 36.4 Å². The molecule has 1 heterocycles. The van der Waals surface area contributed by atoms with E-state index in [-0.39, 0.29) is 0 Å². The number of hydrogen-bond acceptors (Lipinski definition) is 1. The van der Waals surface area contributed by atoms with Crippen LogP contribution in [0.1, 0.15) is 20.3 Å². The monoisotopic (exact) mass is 240 g/mol. The third kappa shape index (κ3) is 2.08. The van der Waals surface area contributed by atoms with Crippen LogP contribution in [0, 0.1) is 5.41 Å². The first-order valence-corrected chi connectivity index (χ1v) is 4.84. The van der Waals surface area contributed by atoms with Crippen LogP contribution in [0.15, 0.2) is 0 Å². The number of halogens is 1. The minimum Gasteiger partial charge on any atom is -0.377 e. The summed E-state index contributed by atoms with van der Waals surface area (Å²) in [7, 11) is 0. The van der Waals surface area contributed by atoms with Crippen molar-refractivity contribution >= 4 is 22.6 Å². The van der Waals surface area contributed by atoms with Crippen molar-refractivity contribution in [2.45, 2.75) is 26.4 Å². The van der Waals surface area contributed by atoms with Gasteiger partial charge < -0.3 is 4.74 Å². The molecule has 54 valence electrons. The number of ether oxygens (including phenoxy) is 1. The molecule has 0 aromatic heterocycles. The van der Waals surface area contributed by atoms with Crippen LogP contribution in [0.5, 0.6) is 0 Å². The Morgan fingerprint density at radius 1 is 1.67 bits per heavy atom. The molecule has 1 rings (SSSR count). The second-order valence-corrected chi connectivity index (χ2v) is 4.34. The van der Waals surface area contributed by atoms with Gasteiger partial charge in [-0.2, -0.15) is 0 Å². The van der Waals surface area contributed by atoms with Crippen LogP contribution in [0.25, 0.3) is 0 Å². The Hall–Kier alpha value is 0.690. The Labute approximate surface area is 70.3 Å². The summed E-state index contributed by atoms with van der Waals surface area (Å²) in [6, 6.07) is 0. The normalized spacial score (nSPS) is 33.0. The molecule has 9 heavy (non-hydrogen) atoms. The van der Waals surface area contributed by atoms with Crippen molar-refractivity contribution < 1.29 is 4.74 Å². The number of alkyl halides is 1. The van der Waals surface area contributed by atoms with Crippen molar-refractivity contribution in [3.63, 3.8) is 0 Å². The Morgan fingerprint density at radius 3 is 2.56 bits per heavy atom. The Balaban J connectivity index is 2.38. The van der Waals surface area contributed by atoms with Crippen LogP contribution in [-0.2, 0) is 4.74 Å². The minimum atomic E-state index is 0.440. The molecule has 0 saturated carbocycles. The van der Waals surface area contributed by atoms with Gasteiger partial charge in [-0.15, -0.1) is 0 Å². The zero-order valence-electron chi connectivity index (χ0n) is 5.98. The molecule has 0 aromatic carbocycles. The predicted octanol–water partition coefficient (Wildman–Crippen LogP) is 2.24. The zero-order chi connectivity index (χ0) is 6.91. The fourth-order valence-corrected chi connectivity index (χ4v) is 1.74. The standard InChI is InChI=1S/C7H13IO/c1-7(2)3-6(4-8)9-5-7/h6H,3-5H2,1-2H3/t6-/m0/s1. The first-order valence-electron chi connectivity index (χ1n) is 3.32. The van der Waals surface area contributed by atoms with E-state index in [0.717, 1.165) is 11.0 Å². The summed E-state index contributed by atoms with van der Waals surface area (Å²) in [5.41, 5.74) is 0.440. The highest BCUT2D eigenvalue weighted by Crippen LogP contribution is 2.31. The van der Waals surface area contributed by atoms with Crippen LogP contribution in [0.4, 0.5) is 0 Å². The Morgan fingerprint density at radius 2 is 2.33 bits per heavy atom. The van der Waals surface area contributed by atoms with Gasteiger partial charge in [-0.1, -0.05) is 36.4 Å².